The molecule has 14 heteroatoms. The minimum Gasteiger partial charge on any atom is -0.444 e. The average molecular weight is 592 g/mol. The first-order chi connectivity index (χ1) is 19.1. The zero-order chi connectivity index (χ0) is 30.9. The zero-order valence-electron chi connectivity index (χ0n) is 24.4. The van der Waals surface area contributed by atoms with E-state index < -0.39 is 47.9 Å². The topological polar surface area (TPSA) is 198 Å². The minimum atomic E-state index is -0.972. The Kier molecular flexibility index (Phi) is 11.9. The summed E-state index contributed by atoms with van der Waals surface area (Å²) in [5, 5.41) is 17.8. The summed E-state index contributed by atoms with van der Waals surface area (Å²) < 4.78 is 7.30. The summed E-state index contributed by atoms with van der Waals surface area (Å²) in [5.41, 5.74) is 5.35. The Balaban J connectivity index is 2.15. The van der Waals surface area contributed by atoms with Gasteiger partial charge in [-0.1, -0.05) is 31.3 Å². The van der Waals surface area contributed by atoms with Gasteiger partial charge in [0.15, 0.2) is 11.7 Å². The Labute approximate surface area is 243 Å². The van der Waals surface area contributed by atoms with Crippen molar-refractivity contribution >= 4 is 51.2 Å². The standard InChI is InChI=1S/C27H41N7O6S/c1-15(2)13-18(33-25(38)40-27(3,4)5)23(37)31-14-20(35)32-17(10-8-12-30-24(28)29)22(36)16-9-7-11-19-21(16)34(6)26(39)41-19/h7,9,11,15,17-18H,8,10,12-14H2,1-6H3,(H,31,37)(H,32,35)(H,33,38)(H4,28,29,30)/t17-,18-/m0/s1. The third-order valence-electron chi connectivity index (χ3n) is 5.85. The van der Waals surface area contributed by atoms with Crippen molar-refractivity contribution in [1.82, 2.24) is 25.8 Å². The van der Waals surface area contributed by atoms with Gasteiger partial charge >= 0.3 is 11.0 Å². The highest BCUT2D eigenvalue weighted by Gasteiger charge is 2.28. The second-order valence-electron chi connectivity index (χ2n) is 11.1. The average Bonchev–Trinajstić information content (AvgIpc) is 3.15. The summed E-state index contributed by atoms with van der Waals surface area (Å²) in [4.78, 5) is 63.7. The van der Waals surface area contributed by atoms with Crippen molar-refractivity contribution in [3.63, 3.8) is 0 Å². The Morgan fingerprint density at radius 2 is 1.78 bits per heavy atom. The largest absolute Gasteiger partial charge is 0.444 e. The van der Waals surface area contributed by atoms with Gasteiger partial charge in [-0.2, -0.15) is 0 Å². The molecule has 3 amide bonds. The number of rotatable bonds is 13. The maximum atomic E-state index is 13.6. The van der Waals surface area contributed by atoms with Gasteiger partial charge in [0, 0.05) is 19.2 Å². The van der Waals surface area contributed by atoms with Gasteiger partial charge in [-0.05, 0) is 58.1 Å². The summed E-state index contributed by atoms with van der Waals surface area (Å²) in [7, 11) is 1.58. The predicted octanol–water partition coefficient (Wildman–Crippen LogP) is 1.59. The monoisotopic (exact) mass is 591 g/mol. The molecule has 0 unspecified atom stereocenters. The van der Waals surface area contributed by atoms with E-state index in [1.807, 2.05) is 13.8 Å². The molecule has 226 valence electrons. The summed E-state index contributed by atoms with van der Waals surface area (Å²) in [6.07, 6.45) is 0.186. The molecule has 41 heavy (non-hydrogen) atoms. The number of thiazole rings is 1. The SMILES string of the molecule is CC(C)C[C@H](NC(=O)OC(C)(C)C)C(=O)NCC(=O)N[C@@H](CCCNC(=N)N)C(=O)c1cccc2sc(=O)n(C)c12. The van der Waals surface area contributed by atoms with Gasteiger partial charge in [0.1, 0.15) is 11.6 Å². The molecule has 2 aromatic rings. The highest BCUT2D eigenvalue weighted by Crippen LogP contribution is 2.22. The maximum absolute atomic E-state index is 13.6. The van der Waals surface area contributed by atoms with E-state index >= 15 is 0 Å². The highest BCUT2D eigenvalue weighted by atomic mass is 32.1. The Bertz CT molecular complexity index is 1330. The number of hydrogen-bond acceptors (Lipinski definition) is 8. The molecule has 1 aromatic heterocycles. The number of fused-ring (bicyclic) bond motifs is 1. The summed E-state index contributed by atoms with van der Waals surface area (Å²) in [5.74, 6) is -1.71. The van der Waals surface area contributed by atoms with Crippen LogP contribution >= 0.6 is 11.3 Å². The van der Waals surface area contributed by atoms with Crippen molar-refractivity contribution in [1.29, 1.82) is 5.41 Å². The molecule has 2 atom stereocenters. The fourth-order valence-corrected chi connectivity index (χ4v) is 4.98. The lowest BCUT2D eigenvalue weighted by Gasteiger charge is -2.24. The number of hydrogen-bond donors (Lipinski definition) is 6. The van der Waals surface area contributed by atoms with Crippen molar-refractivity contribution in [2.45, 2.75) is 71.6 Å². The van der Waals surface area contributed by atoms with Crippen molar-refractivity contribution in [3.8, 4) is 0 Å². The molecular weight excluding hydrogens is 550 g/mol. The third-order valence-corrected chi connectivity index (χ3v) is 6.84. The molecule has 0 bridgehead atoms. The number of alkyl carbamates (subject to hydrolysis) is 1. The van der Waals surface area contributed by atoms with Crippen LogP contribution in [-0.4, -0.2) is 65.0 Å². The van der Waals surface area contributed by atoms with E-state index in [2.05, 4.69) is 21.3 Å². The quantitative estimate of drug-likeness (QED) is 0.0873. The molecule has 2 rings (SSSR count). The van der Waals surface area contributed by atoms with E-state index in [1.54, 1.807) is 46.0 Å². The van der Waals surface area contributed by atoms with Gasteiger partial charge in [-0.25, -0.2) is 4.79 Å². The molecule has 0 aliphatic carbocycles. The predicted molar refractivity (Wildman–Crippen MR) is 158 cm³/mol. The van der Waals surface area contributed by atoms with Gasteiger partial charge < -0.3 is 36.3 Å². The highest BCUT2D eigenvalue weighted by molar-refractivity contribution is 7.16. The molecule has 0 saturated heterocycles. The second-order valence-corrected chi connectivity index (χ2v) is 12.1. The third kappa shape index (κ3) is 10.5. The lowest BCUT2D eigenvalue weighted by atomic mass is 9.99. The van der Waals surface area contributed by atoms with Crippen LogP contribution in [0.15, 0.2) is 23.0 Å². The number of ether oxygens (including phenoxy) is 1. The molecule has 0 fully saturated rings. The molecule has 0 aliphatic heterocycles. The van der Waals surface area contributed by atoms with E-state index in [-0.39, 0.29) is 28.7 Å². The van der Waals surface area contributed by atoms with Crippen molar-refractivity contribution < 1.29 is 23.9 Å². The van der Waals surface area contributed by atoms with Gasteiger partial charge in [0.25, 0.3) is 0 Å². The number of amides is 3. The normalized spacial score (nSPS) is 12.9. The van der Waals surface area contributed by atoms with Crippen LogP contribution in [0.25, 0.3) is 10.2 Å². The number of aromatic nitrogens is 1. The smallest absolute Gasteiger partial charge is 0.408 e. The van der Waals surface area contributed by atoms with Crippen LogP contribution in [0.4, 0.5) is 4.79 Å². The Morgan fingerprint density at radius 3 is 2.39 bits per heavy atom. The van der Waals surface area contributed by atoms with E-state index in [9.17, 15) is 24.0 Å². The number of nitrogens with zero attached hydrogens (tertiary/aromatic N) is 1. The fourth-order valence-electron chi connectivity index (χ4n) is 4.08. The number of Topliss-reactive ketones (excluding diaryl/α,β-unsaturated/α-hetero) is 1. The number of guanidine groups is 1. The maximum Gasteiger partial charge on any atom is 0.408 e. The first-order valence-corrected chi connectivity index (χ1v) is 14.2. The Morgan fingerprint density at radius 1 is 1.10 bits per heavy atom. The molecule has 1 heterocycles. The zero-order valence-corrected chi connectivity index (χ0v) is 25.2. The van der Waals surface area contributed by atoms with Crippen LogP contribution in [0.3, 0.4) is 0 Å². The number of carbonyl (C=O) groups excluding carboxylic acids is 4. The van der Waals surface area contributed by atoms with E-state index in [4.69, 9.17) is 15.9 Å². The number of benzene rings is 1. The van der Waals surface area contributed by atoms with Gasteiger partial charge in [0.05, 0.1) is 22.8 Å². The summed E-state index contributed by atoms with van der Waals surface area (Å²) >= 11 is 1.02. The van der Waals surface area contributed by atoms with Crippen molar-refractivity contribution in [2.75, 3.05) is 13.1 Å². The second kappa shape index (κ2) is 14.6. The van der Waals surface area contributed by atoms with Crippen LogP contribution in [0, 0.1) is 11.3 Å². The fraction of sp³-hybridized carbons (Fsp3) is 0.556. The number of ketones is 1. The number of para-hydroxylation sites is 1. The van der Waals surface area contributed by atoms with Crippen molar-refractivity contribution in [3.05, 3.63) is 33.4 Å². The number of nitrogens with two attached hydrogens (primary N) is 1. The summed E-state index contributed by atoms with van der Waals surface area (Å²) in [6.45, 7) is 8.79. The molecule has 0 spiro atoms. The van der Waals surface area contributed by atoms with Crippen LogP contribution in [0.1, 0.15) is 64.2 Å². The lowest BCUT2D eigenvalue weighted by molar-refractivity contribution is -0.127. The van der Waals surface area contributed by atoms with E-state index in [1.165, 1.54) is 4.57 Å². The minimum absolute atomic E-state index is 0.0657. The number of nitrogens with one attached hydrogen (secondary N) is 5. The van der Waals surface area contributed by atoms with Crippen LogP contribution < -0.4 is 31.9 Å². The first-order valence-electron chi connectivity index (χ1n) is 13.4. The van der Waals surface area contributed by atoms with E-state index in [0.29, 0.717) is 29.6 Å². The molecule has 0 saturated carbocycles. The molecule has 7 N–H and O–H groups in total. The van der Waals surface area contributed by atoms with Crippen LogP contribution in [-0.2, 0) is 21.4 Å². The number of aryl methyl sites for hydroxylation is 1. The summed E-state index contributed by atoms with van der Waals surface area (Å²) in [6, 6.07) is 3.13. The Hall–Kier alpha value is -3.94. The molecule has 13 nitrogen and oxygen atoms in total. The number of carbonyl (C=O) groups is 4. The van der Waals surface area contributed by atoms with Crippen LogP contribution in [0.2, 0.25) is 0 Å². The van der Waals surface area contributed by atoms with E-state index in [0.717, 1.165) is 11.3 Å². The molecule has 0 radical (unpaired) electrons. The van der Waals surface area contributed by atoms with Gasteiger partial charge in [-0.15, -0.1) is 0 Å². The van der Waals surface area contributed by atoms with Gasteiger partial charge in [-0.3, -0.25) is 24.6 Å². The molecular formula is C27H41N7O6S. The molecule has 0 aliphatic rings. The van der Waals surface area contributed by atoms with Crippen molar-refractivity contribution in [2.24, 2.45) is 18.7 Å². The molecule has 1 aromatic carbocycles. The van der Waals surface area contributed by atoms with Gasteiger partial charge in [0.2, 0.25) is 11.8 Å². The van der Waals surface area contributed by atoms with Crippen LogP contribution in [0.5, 0.6) is 0 Å². The lowest BCUT2D eigenvalue weighted by Crippen LogP contribution is -2.51. The first kappa shape index (κ1) is 33.3.